The lowest BCUT2D eigenvalue weighted by atomic mass is 9.98. The van der Waals surface area contributed by atoms with Crippen molar-refractivity contribution in [3.8, 4) is 22.8 Å². The zero-order valence-electron chi connectivity index (χ0n) is 20.8. The van der Waals surface area contributed by atoms with Crippen LogP contribution in [-0.4, -0.2) is 39.1 Å². The maximum absolute atomic E-state index is 12.2. The number of hydrogen-bond donors (Lipinski definition) is 4. The van der Waals surface area contributed by atoms with Crippen molar-refractivity contribution in [1.29, 1.82) is 0 Å². The van der Waals surface area contributed by atoms with E-state index < -0.39 is 0 Å². The van der Waals surface area contributed by atoms with Crippen molar-refractivity contribution in [1.82, 2.24) is 20.3 Å². The average Bonchev–Trinajstić information content (AvgIpc) is 3.54. The van der Waals surface area contributed by atoms with Gasteiger partial charge < -0.3 is 25.5 Å². The van der Waals surface area contributed by atoms with Crippen LogP contribution in [-0.2, 0) is 0 Å². The molecule has 5 rings (SSSR count). The summed E-state index contributed by atoms with van der Waals surface area (Å²) in [6.07, 6.45) is 6.33. The number of aromatic amines is 1. The number of aromatic nitrogens is 3. The number of phenolic OH excluding ortho intramolecular Hbond substituents is 1. The minimum atomic E-state index is -0.124. The Kier molecular flexibility index (Phi) is 6.50. The highest BCUT2D eigenvalue weighted by Gasteiger charge is 2.23. The first-order chi connectivity index (χ1) is 17.4. The maximum Gasteiger partial charge on any atom is 0.251 e. The van der Waals surface area contributed by atoms with Gasteiger partial charge in [-0.1, -0.05) is 26.0 Å². The van der Waals surface area contributed by atoms with E-state index in [1.54, 1.807) is 25.2 Å². The van der Waals surface area contributed by atoms with E-state index in [9.17, 15) is 9.90 Å². The summed E-state index contributed by atoms with van der Waals surface area (Å²) in [5, 5.41) is 16.6. The van der Waals surface area contributed by atoms with Crippen LogP contribution in [0.2, 0.25) is 0 Å². The van der Waals surface area contributed by atoms with Crippen LogP contribution in [0.15, 0.2) is 48.7 Å². The molecule has 0 aliphatic heterocycles. The maximum atomic E-state index is 12.2. The lowest BCUT2D eigenvalue weighted by Crippen LogP contribution is -2.18. The Morgan fingerprint density at radius 1 is 1.11 bits per heavy atom. The number of anilines is 2. The number of benzene rings is 2. The SMILES string of the molecule is CNC(=O)c1ccc(Nc2nc(OC3CCCC3)c3c(-c4ccc(O)cc4)c[nH]c3n2)c(C(C)C)c1. The van der Waals surface area contributed by atoms with Gasteiger partial charge in [0.15, 0.2) is 0 Å². The van der Waals surface area contributed by atoms with E-state index >= 15 is 0 Å². The number of ether oxygens (including phenoxy) is 1. The normalized spacial score (nSPS) is 13.9. The molecule has 0 spiro atoms. The molecule has 1 fully saturated rings. The largest absolute Gasteiger partial charge is 0.508 e. The lowest BCUT2D eigenvalue weighted by Gasteiger charge is -2.17. The molecule has 1 saturated carbocycles. The van der Waals surface area contributed by atoms with E-state index in [1.165, 1.54) is 0 Å². The lowest BCUT2D eigenvalue weighted by molar-refractivity contribution is 0.0963. The minimum absolute atomic E-state index is 0.122. The number of hydrogen-bond acceptors (Lipinski definition) is 6. The Morgan fingerprint density at radius 3 is 2.56 bits per heavy atom. The molecule has 0 bridgehead atoms. The third kappa shape index (κ3) is 4.71. The smallest absolute Gasteiger partial charge is 0.251 e. The van der Waals surface area contributed by atoms with E-state index in [4.69, 9.17) is 14.7 Å². The van der Waals surface area contributed by atoms with Gasteiger partial charge in [0.2, 0.25) is 11.8 Å². The number of fused-ring (bicyclic) bond motifs is 1. The van der Waals surface area contributed by atoms with Crippen molar-refractivity contribution in [3.05, 3.63) is 59.8 Å². The number of rotatable bonds is 7. The van der Waals surface area contributed by atoms with Crippen molar-refractivity contribution in [2.45, 2.75) is 51.6 Å². The topological polar surface area (TPSA) is 112 Å². The molecule has 0 radical (unpaired) electrons. The minimum Gasteiger partial charge on any atom is -0.508 e. The second-order valence-electron chi connectivity index (χ2n) is 9.51. The number of carbonyl (C=O) groups excluding carboxylic acids is 1. The molecule has 4 N–H and O–H groups in total. The number of H-pyrrole nitrogens is 1. The quantitative estimate of drug-likeness (QED) is 0.260. The van der Waals surface area contributed by atoms with E-state index in [-0.39, 0.29) is 23.7 Å². The third-order valence-electron chi connectivity index (χ3n) is 6.67. The van der Waals surface area contributed by atoms with Gasteiger partial charge in [-0.2, -0.15) is 9.97 Å². The average molecular weight is 486 g/mol. The number of nitrogens with one attached hydrogen (secondary N) is 3. The van der Waals surface area contributed by atoms with E-state index in [1.807, 2.05) is 30.5 Å². The molecule has 8 heteroatoms. The zero-order valence-corrected chi connectivity index (χ0v) is 20.8. The van der Waals surface area contributed by atoms with Crippen LogP contribution in [0.5, 0.6) is 11.6 Å². The number of phenols is 1. The molecule has 2 aromatic carbocycles. The van der Waals surface area contributed by atoms with Gasteiger partial charge >= 0.3 is 0 Å². The highest BCUT2D eigenvalue weighted by molar-refractivity contribution is 5.98. The van der Waals surface area contributed by atoms with Crippen LogP contribution in [0, 0.1) is 0 Å². The Morgan fingerprint density at radius 2 is 1.86 bits per heavy atom. The highest BCUT2D eigenvalue weighted by Crippen LogP contribution is 2.37. The fourth-order valence-electron chi connectivity index (χ4n) is 4.73. The summed E-state index contributed by atoms with van der Waals surface area (Å²) < 4.78 is 6.44. The van der Waals surface area contributed by atoms with Gasteiger partial charge in [0.25, 0.3) is 5.91 Å². The molecule has 36 heavy (non-hydrogen) atoms. The van der Waals surface area contributed by atoms with Crippen LogP contribution in [0.25, 0.3) is 22.2 Å². The first kappa shape index (κ1) is 23.7. The molecule has 186 valence electrons. The first-order valence-corrected chi connectivity index (χ1v) is 12.4. The Balaban J connectivity index is 1.57. The van der Waals surface area contributed by atoms with Gasteiger partial charge in [-0.15, -0.1) is 0 Å². The second kappa shape index (κ2) is 9.89. The molecular weight excluding hydrogens is 454 g/mol. The third-order valence-corrected chi connectivity index (χ3v) is 6.67. The van der Waals surface area contributed by atoms with Crippen LogP contribution in [0.1, 0.15) is 61.4 Å². The van der Waals surface area contributed by atoms with Crippen LogP contribution >= 0.6 is 0 Å². The van der Waals surface area contributed by atoms with Crippen molar-refractivity contribution < 1.29 is 14.6 Å². The molecular formula is C28H31N5O3. The number of carbonyl (C=O) groups is 1. The highest BCUT2D eigenvalue weighted by atomic mass is 16.5. The predicted molar refractivity (Wildman–Crippen MR) is 141 cm³/mol. The first-order valence-electron chi connectivity index (χ1n) is 12.4. The monoisotopic (exact) mass is 485 g/mol. The molecule has 1 aliphatic rings. The number of aromatic hydroxyl groups is 1. The summed E-state index contributed by atoms with van der Waals surface area (Å²) in [6.45, 7) is 4.17. The summed E-state index contributed by atoms with van der Waals surface area (Å²) in [7, 11) is 1.63. The van der Waals surface area contributed by atoms with Crippen molar-refractivity contribution >= 4 is 28.6 Å². The predicted octanol–water partition coefficient (Wildman–Crippen LogP) is 5.88. The Hall–Kier alpha value is -4.07. The summed E-state index contributed by atoms with van der Waals surface area (Å²) in [4.78, 5) is 25.0. The van der Waals surface area contributed by atoms with Gasteiger partial charge in [0.05, 0.1) is 5.39 Å². The standard InChI is InChI=1S/C28H31N5O3/c1-16(2)21-14-18(26(35)29-3)10-13-23(21)31-28-32-25-24(27(33-28)36-20-6-4-5-7-20)22(15-30-25)17-8-11-19(34)12-9-17/h8-16,20,34H,4-7H2,1-3H3,(H,29,35)(H2,30,31,32,33). The molecule has 2 heterocycles. The van der Waals surface area contributed by atoms with Gasteiger partial charge in [-0.25, -0.2) is 0 Å². The Labute approximate surface area is 210 Å². The van der Waals surface area contributed by atoms with Gasteiger partial charge in [-0.05, 0) is 73.1 Å². The molecule has 0 saturated heterocycles. The summed E-state index contributed by atoms with van der Waals surface area (Å²) in [6, 6.07) is 12.6. The van der Waals surface area contributed by atoms with Gasteiger partial charge in [0.1, 0.15) is 17.5 Å². The van der Waals surface area contributed by atoms with Crippen LogP contribution < -0.4 is 15.4 Å². The molecule has 2 aromatic heterocycles. The van der Waals surface area contributed by atoms with Crippen molar-refractivity contribution in [3.63, 3.8) is 0 Å². The van der Waals surface area contributed by atoms with Crippen molar-refractivity contribution in [2.24, 2.45) is 0 Å². The van der Waals surface area contributed by atoms with Crippen LogP contribution in [0.3, 0.4) is 0 Å². The molecule has 4 aromatic rings. The molecule has 0 unspecified atom stereocenters. The van der Waals surface area contributed by atoms with E-state index in [0.717, 1.165) is 53.4 Å². The van der Waals surface area contributed by atoms with E-state index in [2.05, 4.69) is 29.5 Å². The summed E-state index contributed by atoms with van der Waals surface area (Å²) in [5.41, 5.74) is 4.96. The zero-order chi connectivity index (χ0) is 25.2. The molecule has 1 amide bonds. The molecule has 0 atom stereocenters. The Bertz CT molecular complexity index is 1390. The number of amides is 1. The second-order valence-corrected chi connectivity index (χ2v) is 9.51. The molecule has 1 aliphatic carbocycles. The van der Waals surface area contributed by atoms with Crippen molar-refractivity contribution in [2.75, 3.05) is 12.4 Å². The number of nitrogens with zero attached hydrogens (tertiary/aromatic N) is 2. The fraction of sp³-hybridized carbons (Fsp3) is 0.321. The summed E-state index contributed by atoms with van der Waals surface area (Å²) >= 11 is 0. The molecule has 8 nitrogen and oxygen atoms in total. The van der Waals surface area contributed by atoms with Gasteiger partial charge in [-0.3, -0.25) is 4.79 Å². The summed E-state index contributed by atoms with van der Waals surface area (Å²) in [5.74, 6) is 1.23. The van der Waals surface area contributed by atoms with E-state index in [0.29, 0.717) is 23.0 Å². The van der Waals surface area contributed by atoms with Crippen LogP contribution in [0.4, 0.5) is 11.6 Å². The van der Waals surface area contributed by atoms with Gasteiger partial charge in [0, 0.05) is 30.1 Å². The fourth-order valence-corrected chi connectivity index (χ4v) is 4.73.